The molecule has 2 aromatic carbocycles. The zero-order valence-corrected chi connectivity index (χ0v) is 26.2. The van der Waals surface area contributed by atoms with Crippen molar-refractivity contribution in [2.45, 2.75) is 65.0 Å². The Kier molecular flexibility index (Phi) is 8.91. The molecule has 0 radical (unpaired) electrons. The number of nitrogens with zero attached hydrogens (tertiary/aromatic N) is 1. The molecule has 11 heteroatoms. The van der Waals surface area contributed by atoms with Gasteiger partial charge in [-0.25, -0.2) is 4.98 Å². The summed E-state index contributed by atoms with van der Waals surface area (Å²) in [4.78, 5) is 45.3. The Hall–Kier alpha value is -4.12. The van der Waals surface area contributed by atoms with Gasteiger partial charge in [-0.3, -0.25) is 14.4 Å². The summed E-state index contributed by atoms with van der Waals surface area (Å²) in [5.74, 6) is 0.857. The maximum Gasteiger partial charge on any atom is 0.248 e. The second-order valence-corrected chi connectivity index (χ2v) is 12.3. The molecule has 0 saturated carbocycles. The Balaban J connectivity index is 1.58. The fourth-order valence-corrected chi connectivity index (χ4v) is 7.01. The number of aryl methyl sites for hydroxylation is 3. The van der Waals surface area contributed by atoms with Crippen LogP contribution in [0.5, 0.6) is 17.2 Å². The summed E-state index contributed by atoms with van der Waals surface area (Å²) in [5.41, 5.74) is 4.10. The highest BCUT2D eigenvalue weighted by molar-refractivity contribution is 7.15. The van der Waals surface area contributed by atoms with Gasteiger partial charge in [-0.15, -0.1) is 11.3 Å². The molecule has 2 aliphatic carbocycles. The largest absolute Gasteiger partial charge is 0.493 e. The lowest BCUT2D eigenvalue weighted by molar-refractivity contribution is -0.120. The average Bonchev–Trinajstić information content (AvgIpc) is 3.48. The van der Waals surface area contributed by atoms with Gasteiger partial charge in [-0.2, -0.15) is 0 Å². The molecule has 3 aromatic rings. The Morgan fingerprint density at radius 2 is 1.79 bits per heavy atom. The van der Waals surface area contributed by atoms with E-state index in [1.54, 1.807) is 33.5 Å². The molecule has 0 fully saturated rings. The van der Waals surface area contributed by atoms with Crippen LogP contribution in [0.1, 0.15) is 61.4 Å². The number of thiazole rings is 1. The van der Waals surface area contributed by atoms with Crippen molar-refractivity contribution in [3.05, 3.63) is 56.2 Å². The Bertz CT molecular complexity index is 1600. The lowest BCUT2D eigenvalue weighted by Gasteiger charge is -2.21. The van der Waals surface area contributed by atoms with E-state index in [4.69, 9.17) is 14.2 Å². The summed E-state index contributed by atoms with van der Waals surface area (Å²) in [6, 6.07) is 5.88. The van der Waals surface area contributed by atoms with Crippen LogP contribution in [-0.2, 0) is 28.9 Å². The third-order valence-electron chi connectivity index (χ3n) is 8.00. The van der Waals surface area contributed by atoms with Crippen LogP contribution in [0.15, 0.2) is 29.1 Å². The topological polar surface area (TPSA) is 128 Å². The van der Waals surface area contributed by atoms with E-state index in [-0.39, 0.29) is 28.8 Å². The summed E-state index contributed by atoms with van der Waals surface area (Å²) in [6.45, 7) is 5.31. The van der Waals surface area contributed by atoms with Gasteiger partial charge in [0, 0.05) is 17.4 Å². The summed E-state index contributed by atoms with van der Waals surface area (Å²) >= 11 is 1.52. The number of hydrogen-bond acceptors (Lipinski definition) is 9. The summed E-state index contributed by atoms with van der Waals surface area (Å²) in [5, 5.41) is 9.77. The molecule has 43 heavy (non-hydrogen) atoms. The SMILES string of the molecule is COc1cc2c(c(OC)c1OC)-c1ccc(N[C@H](C(=O)Nc3nc4c(s3)CCC4)C(C)C)c(=O)cc1[C@@H](NC(C)=O)CC2. The molecular formula is C32H38N4O6S. The Morgan fingerprint density at radius 1 is 1.02 bits per heavy atom. The van der Waals surface area contributed by atoms with Crippen LogP contribution in [0.3, 0.4) is 0 Å². The molecule has 2 amide bonds. The number of methoxy groups -OCH3 is 3. The van der Waals surface area contributed by atoms with Crippen LogP contribution in [0.2, 0.25) is 0 Å². The van der Waals surface area contributed by atoms with Gasteiger partial charge < -0.3 is 30.2 Å². The van der Waals surface area contributed by atoms with E-state index in [0.29, 0.717) is 40.8 Å². The molecule has 2 aliphatic rings. The highest BCUT2D eigenvalue weighted by Crippen LogP contribution is 2.50. The first kappa shape index (κ1) is 30.3. The monoisotopic (exact) mass is 606 g/mol. The van der Waals surface area contributed by atoms with Crippen LogP contribution in [0.4, 0.5) is 10.8 Å². The zero-order valence-electron chi connectivity index (χ0n) is 25.4. The predicted octanol–water partition coefficient (Wildman–Crippen LogP) is 4.88. The third kappa shape index (κ3) is 6.04. The van der Waals surface area contributed by atoms with Crippen molar-refractivity contribution in [2.75, 3.05) is 32.0 Å². The number of rotatable bonds is 9. The summed E-state index contributed by atoms with van der Waals surface area (Å²) in [6.07, 6.45) is 4.18. The fraction of sp³-hybridized carbons (Fsp3) is 0.438. The summed E-state index contributed by atoms with van der Waals surface area (Å²) in [7, 11) is 4.67. The van der Waals surface area contributed by atoms with Gasteiger partial charge in [0.05, 0.1) is 38.8 Å². The van der Waals surface area contributed by atoms with Gasteiger partial charge in [0.1, 0.15) is 6.04 Å². The van der Waals surface area contributed by atoms with E-state index in [2.05, 4.69) is 20.9 Å². The lowest BCUT2D eigenvalue weighted by atomic mass is 9.95. The highest BCUT2D eigenvalue weighted by atomic mass is 32.1. The van der Waals surface area contributed by atoms with Gasteiger partial charge in [-0.1, -0.05) is 19.9 Å². The van der Waals surface area contributed by atoms with Crippen molar-refractivity contribution in [1.29, 1.82) is 0 Å². The van der Waals surface area contributed by atoms with Gasteiger partial charge in [0.2, 0.25) is 23.0 Å². The molecule has 0 aliphatic heterocycles. The van der Waals surface area contributed by atoms with E-state index in [9.17, 15) is 14.4 Å². The first-order chi connectivity index (χ1) is 20.6. The third-order valence-corrected chi connectivity index (χ3v) is 9.07. The average molecular weight is 607 g/mol. The van der Waals surface area contributed by atoms with Crippen molar-refractivity contribution in [3.63, 3.8) is 0 Å². The molecule has 1 aromatic heterocycles. The molecule has 3 N–H and O–H groups in total. The van der Waals surface area contributed by atoms with Crippen LogP contribution >= 0.6 is 11.3 Å². The second kappa shape index (κ2) is 12.6. The molecule has 1 heterocycles. The minimum absolute atomic E-state index is 0.126. The van der Waals surface area contributed by atoms with Crippen LogP contribution in [0, 0.1) is 5.92 Å². The van der Waals surface area contributed by atoms with Gasteiger partial charge in [0.25, 0.3) is 0 Å². The standard InChI is InChI=1S/C32H38N4O6S/c1-16(2)28(31(39)36-32-35-23-8-7-9-26(23)43-32)34-22-13-11-19-20(15-24(22)38)21(33-17(3)37)12-10-18-14-25(40-4)29(41-5)30(42-6)27(18)19/h11,13-16,21,28H,7-10,12H2,1-6H3,(H,33,37)(H,34,38)(H,35,36,39)/t21-,28-/m0/s1. The number of hydrogen-bond donors (Lipinski definition) is 3. The minimum atomic E-state index is -0.689. The molecule has 2 atom stereocenters. The van der Waals surface area contributed by atoms with Crippen molar-refractivity contribution >= 4 is 34.0 Å². The number of carbonyl (C=O) groups excluding carboxylic acids is 2. The van der Waals surface area contributed by atoms with Gasteiger partial charge >= 0.3 is 0 Å². The van der Waals surface area contributed by atoms with Gasteiger partial charge in [-0.05, 0) is 72.9 Å². The van der Waals surface area contributed by atoms with E-state index in [1.165, 1.54) is 23.1 Å². The smallest absolute Gasteiger partial charge is 0.248 e. The molecule has 5 rings (SSSR count). The number of ether oxygens (including phenoxy) is 3. The second-order valence-electron chi connectivity index (χ2n) is 11.2. The zero-order chi connectivity index (χ0) is 30.8. The minimum Gasteiger partial charge on any atom is -0.493 e. The molecule has 0 bridgehead atoms. The maximum atomic E-state index is 13.8. The quantitative estimate of drug-likeness (QED) is 0.315. The number of fused-ring (bicyclic) bond motifs is 4. The Labute approximate surface area is 255 Å². The molecular weight excluding hydrogens is 568 g/mol. The molecule has 228 valence electrons. The van der Waals surface area contributed by atoms with E-state index < -0.39 is 12.1 Å². The van der Waals surface area contributed by atoms with Crippen LogP contribution < -0.4 is 35.6 Å². The number of benzene rings is 1. The number of anilines is 2. The maximum absolute atomic E-state index is 13.8. The predicted molar refractivity (Wildman–Crippen MR) is 168 cm³/mol. The van der Waals surface area contributed by atoms with Crippen molar-refractivity contribution in [3.8, 4) is 28.4 Å². The van der Waals surface area contributed by atoms with E-state index >= 15 is 0 Å². The van der Waals surface area contributed by atoms with Crippen molar-refractivity contribution < 1.29 is 23.8 Å². The lowest BCUT2D eigenvalue weighted by Crippen LogP contribution is -2.39. The number of aromatic nitrogens is 1. The molecule has 0 unspecified atom stereocenters. The van der Waals surface area contributed by atoms with E-state index in [1.807, 2.05) is 26.0 Å². The molecule has 0 saturated heterocycles. The number of amides is 2. The summed E-state index contributed by atoms with van der Waals surface area (Å²) < 4.78 is 17.1. The van der Waals surface area contributed by atoms with Crippen LogP contribution in [0.25, 0.3) is 11.1 Å². The van der Waals surface area contributed by atoms with Gasteiger partial charge in [0.15, 0.2) is 16.6 Å². The molecule has 10 nitrogen and oxygen atoms in total. The van der Waals surface area contributed by atoms with Crippen molar-refractivity contribution in [2.24, 2.45) is 5.92 Å². The Morgan fingerprint density at radius 3 is 2.44 bits per heavy atom. The number of nitrogens with one attached hydrogen (secondary N) is 3. The number of carbonyl (C=O) groups is 2. The first-order valence-electron chi connectivity index (χ1n) is 14.5. The molecule has 0 spiro atoms. The van der Waals surface area contributed by atoms with Crippen LogP contribution in [-0.4, -0.2) is 44.2 Å². The normalized spacial score (nSPS) is 15.8. The fourth-order valence-electron chi connectivity index (χ4n) is 5.96. The van der Waals surface area contributed by atoms with Crippen molar-refractivity contribution in [1.82, 2.24) is 10.3 Å². The highest BCUT2D eigenvalue weighted by Gasteiger charge is 2.30. The van der Waals surface area contributed by atoms with E-state index in [0.717, 1.165) is 41.6 Å². The first-order valence-corrected chi connectivity index (χ1v) is 15.3.